The van der Waals surface area contributed by atoms with Crippen LogP contribution in [0, 0.1) is 0 Å². The van der Waals surface area contributed by atoms with Crippen molar-refractivity contribution in [2.75, 3.05) is 37.9 Å². The first kappa shape index (κ1) is 45.6. The molecule has 5 aromatic carbocycles. The smallest absolute Gasteiger partial charge is 0.119 e. The predicted octanol–water partition coefficient (Wildman–Crippen LogP) is 12.2. The molecule has 5 nitrogen and oxygen atoms in total. The molecule has 2 saturated heterocycles. The molecular weight excluding hydrogens is 841 g/mol. The Morgan fingerprint density at radius 1 is 0.708 bits per heavy atom. The highest BCUT2D eigenvalue weighted by molar-refractivity contribution is 8.07. The van der Waals surface area contributed by atoms with E-state index in [9.17, 15) is 5.11 Å². The summed E-state index contributed by atoms with van der Waals surface area (Å²) in [6.45, 7) is 12.5. The maximum atomic E-state index is 11.0. The molecule has 9 rings (SSSR count). The van der Waals surface area contributed by atoms with Gasteiger partial charge in [0.15, 0.2) is 0 Å². The molecule has 2 aliphatic heterocycles. The number of hydrogen-bond acceptors (Lipinski definition) is 7. The quantitative estimate of drug-likeness (QED) is 0.0617. The molecule has 6 unspecified atom stereocenters. The van der Waals surface area contributed by atoms with Crippen molar-refractivity contribution in [1.29, 1.82) is 0 Å². The minimum absolute atomic E-state index is 0.136. The van der Waals surface area contributed by atoms with Crippen LogP contribution in [0.15, 0.2) is 158 Å². The SMILES string of the molecule is C=C/C(=C\C=C\C(C)(C)OCC1CS1)C1(c2ccc(OCC(O)COC(C)c3ccc(C4(c5ccc(OCC6CS6)cc5)CCc5ccccc5C4)cc3)cc2)CCc2ccccc2C1. The summed E-state index contributed by atoms with van der Waals surface area (Å²) in [7, 11) is 0. The molecule has 65 heavy (non-hydrogen) atoms. The summed E-state index contributed by atoms with van der Waals surface area (Å²) in [5.41, 5.74) is 11.1. The highest BCUT2D eigenvalue weighted by Crippen LogP contribution is 2.47. The number of rotatable bonds is 20. The summed E-state index contributed by atoms with van der Waals surface area (Å²) >= 11 is 3.92. The van der Waals surface area contributed by atoms with Crippen LogP contribution in [0.2, 0.25) is 0 Å². The van der Waals surface area contributed by atoms with Crippen LogP contribution in [-0.2, 0) is 46.0 Å². The van der Waals surface area contributed by atoms with Gasteiger partial charge in [0, 0.05) is 32.8 Å². The third-order valence-corrected chi connectivity index (χ3v) is 15.9. The lowest BCUT2D eigenvalue weighted by atomic mass is 9.63. The molecule has 0 aromatic heterocycles. The number of ether oxygens (including phenoxy) is 4. The molecule has 2 aliphatic carbocycles. The first-order valence-electron chi connectivity index (χ1n) is 23.5. The second-order valence-corrected chi connectivity index (χ2v) is 21.7. The van der Waals surface area contributed by atoms with Crippen LogP contribution in [0.4, 0.5) is 0 Å². The summed E-state index contributed by atoms with van der Waals surface area (Å²) in [5, 5.41) is 12.3. The van der Waals surface area contributed by atoms with Gasteiger partial charge in [-0.3, -0.25) is 0 Å². The van der Waals surface area contributed by atoms with E-state index in [1.165, 1.54) is 56.0 Å². The minimum atomic E-state index is -0.781. The molecule has 0 radical (unpaired) electrons. The van der Waals surface area contributed by atoms with Crippen molar-refractivity contribution in [2.24, 2.45) is 0 Å². The molecule has 7 heteroatoms. The van der Waals surface area contributed by atoms with Crippen molar-refractivity contribution >= 4 is 23.5 Å². The van der Waals surface area contributed by atoms with Crippen molar-refractivity contribution in [3.8, 4) is 11.5 Å². The molecule has 2 fully saturated rings. The van der Waals surface area contributed by atoms with E-state index in [-0.39, 0.29) is 35.7 Å². The van der Waals surface area contributed by atoms with Crippen molar-refractivity contribution in [1.82, 2.24) is 0 Å². The summed E-state index contributed by atoms with van der Waals surface area (Å²) in [4.78, 5) is 0. The second kappa shape index (κ2) is 20.2. The Labute approximate surface area is 395 Å². The van der Waals surface area contributed by atoms with E-state index >= 15 is 0 Å². The Morgan fingerprint density at radius 3 is 1.89 bits per heavy atom. The first-order valence-corrected chi connectivity index (χ1v) is 25.6. The Bertz CT molecular complexity index is 2450. The Kier molecular flexibility index (Phi) is 14.2. The lowest BCUT2D eigenvalue weighted by Crippen LogP contribution is -2.35. The van der Waals surface area contributed by atoms with Gasteiger partial charge in [-0.1, -0.05) is 128 Å². The van der Waals surface area contributed by atoms with Crippen LogP contribution in [0.25, 0.3) is 0 Å². The number of fused-ring (bicyclic) bond motifs is 2. The zero-order valence-corrected chi connectivity index (χ0v) is 39.9. The van der Waals surface area contributed by atoms with Gasteiger partial charge in [-0.2, -0.15) is 23.5 Å². The average Bonchev–Trinajstić information content (AvgIpc) is 4.30. The third-order valence-electron chi connectivity index (χ3n) is 14.0. The first-order chi connectivity index (χ1) is 31.6. The lowest BCUT2D eigenvalue weighted by Gasteiger charge is -2.40. The van der Waals surface area contributed by atoms with E-state index in [0.717, 1.165) is 68.8 Å². The van der Waals surface area contributed by atoms with E-state index in [4.69, 9.17) is 18.9 Å². The van der Waals surface area contributed by atoms with E-state index in [0.29, 0.717) is 10.5 Å². The number of benzene rings is 5. The Morgan fingerprint density at radius 2 is 1.26 bits per heavy atom. The molecule has 1 N–H and O–H groups in total. The normalized spacial score (nSPS) is 23.5. The van der Waals surface area contributed by atoms with Crippen LogP contribution in [0.5, 0.6) is 11.5 Å². The Hall–Kier alpha value is -4.50. The third kappa shape index (κ3) is 11.0. The van der Waals surface area contributed by atoms with Gasteiger partial charge in [0.1, 0.15) is 30.8 Å². The van der Waals surface area contributed by atoms with E-state index in [1.54, 1.807) is 0 Å². The van der Waals surface area contributed by atoms with Gasteiger partial charge in [0.25, 0.3) is 0 Å². The van der Waals surface area contributed by atoms with Gasteiger partial charge in [0.2, 0.25) is 0 Å². The van der Waals surface area contributed by atoms with Gasteiger partial charge in [0.05, 0.1) is 24.9 Å². The fourth-order valence-corrected chi connectivity index (χ4v) is 10.7. The van der Waals surface area contributed by atoms with Crippen molar-refractivity contribution in [3.63, 3.8) is 0 Å². The fourth-order valence-electron chi connectivity index (χ4n) is 9.88. The van der Waals surface area contributed by atoms with Crippen molar-refractivity contribution < 1.29 is 24.1 Å². The monoisotopic (exact) mass is 904 g/mol. The molecule has 0 bridgehead atoms. The number of aryl methyl sites for hydroxylation is 2. The number of aliphatic hydroxyl groups is 1. The topological polar surface area (TPSA) is 57.2 Å². The average molecular weight is 905 g/mol. The summed E-state index contributed by atoms with van der Waals surface area (Å²) < 4.78 is 24.7. The molecule has 5 aromatic rings. The van der Waals surface area contributed by atoms with Gasteiger partial charge >= 0.3 is 0 Å². The van der Waals surface area contributed by atoms with Gasteiger partial charge in [-0.15, -0.1) is 0 Å². The summed E-state index contributed by atoms with van der Waals surface area (Å²) in [5.74, 6) is 4.06. The van der Waals surface area contributed by atoms with Crippen LogP contribution in [0.1, 0.15) is 84.2 Å². The molecule has 0 amide bonds. The van der Waals surface area contributed by atoms with Gasteiger partial charge in [-0.05, 0) is 134 Å². The maximum Gasteiger partial charge on any atom is 0.119 e. The van der Waals surface area contributed by atoms with Crippen LogP contribution in [0.3, 0.4) is 0 Å². The highest BCUT2D eigenvalue weighted by Gasteiger charge is 2.40. The molecule has 2 heterocycles. The van der Waals surface area contributed by atoms with Crippen LogP contribution >= 0.6 is 23.5 Å². The minimum Gasteiger partial charge on any atom is -0.492 e. The van der Waals surface area contributed by atoms with Crippen molar-refractivity contribution in [3.05, 3.63) is 202 Å². The highest BCUT2D eigenvalue weighted by atomic mass is 32.2. The Balaban J connectivity index is 0.829. The zero-order chi connectivity index (χ0) is 44.9. The summed E-state index contributed by atoms with van der Waals surface area (Å²) in [6, 6.07) is 44.0. The zero-order valence-electron chi connectivity index (χ0n) is 38.3. The number of thioether (sulfide) groups is 2. The maximum absolute atomic E-state index is 11.0. The van der Waals surface area contributed by atoms with Crippen LogP contribution in [-0.4, -0.2) is 65.2 Å². The lowest BCUT2D eigenvalue weighted by molar-refractivity contribution is -0.0193. The van der Waals surface area contributed by atoms with E-state index in [1.807, 2.05) is 41.7 Å². The summed E-state index contributed by atoms with van der Waals surface area (Å²) in [6.07, 6.45) is 13.5. The number of aliphatic hydroxyl groups excluding tert-OH is 1. The molecule has 0 saturated carbocycles. The van der Waals surface area contributed by atoms with E-state index < -0.39 is 6.10 Å². The number of allylic oxidation sites excluding steroid dienone is 4. The van der Waals surface area contributed by atoms with Gasteiger partial charge < -0.3 is 24.1 Å². The fraction of sp³-hybridized carbons (Fsp3) is 0.379. The van der Waals surface area contributed by atoms with Crippen LogP contribution < -0.4 is 9.47 Å². The molecular formula is C58H64O5S2. The molecule has 6 atom stereocenters. The van der Waals surface area contributed by atoms with Crippen molar-refractivity contribution in [2.45, 2.75) is 98.4 Å². The molecule has 338 valence electrons. The molecule has 0 spiro atoms. The van der Waals surface area contributed by atoms with Gasteiger partial charge in [-0.25, -0.2) is 0 Å². The standard InChI is InChI=1S/C58H64O5S2/c1-5-47(15-10-30-56(3,4)63-38-55-40-65-55)57(31-28-43-11-6-8-13-45(43)33-57)49-20-24-52(25-21-49)61-36-51(59)35-60-41(2)42-16-18-48(19-17-42)58(32-29-44-12-7-9-14-46(44)34-58)50-22-26-53(27-23-50)62-37-54-39-64-54/h5-27,30,41,51,54-55,59H,1,28-29,31-40H2,2-4H3/b30-10+,47-15+. The van der Waals surface area contributed by atoms with E-state index in [2.05, 4.69) is 155 Å². The predicted molar refractivity (Wildman–Crippen MR) is 270 cm³/mol. The molecule has 4 aliphatic rings. The largest absolute Gasteiger partial charge is 0.492 e. The number of hydrogen-bond donors (Lipinski definition) is 1. The second-order valence-electron chi connectivity index (χ2n) is 19.0.